The third-order valence-electron chi connectivity index (χ3n) is 3.80. The van der Waals surface area contributed by atoms with E-state index in [0.29, 0.717) is 6.04 Å². The lowest BCUT2D eigenvalue weighted by molar-refractivity contribution is 0.230. The molecule has 1 aliphatic carbocycles. The molecule has 3 nitrogen and oxygen atoms in total. The summed E-state index contributed by atoms with van der Waals surface area (Å²) in [5, 5.41) is 3.68. The van der Waals surface area contributed by atoms with Crippen LogP contribution in [0.5, 0.6) is 5.75 Å². The second-order valence-corrected chi connectivity index (χ2v) is 5.43. The number of nitrogens with zero attached hydrogens (tertiary/aromatic N) is 1. The van der Waals surface area contributed by atoms with Gasteiger partial charge >= 0.3 is 0 Å². The molecule has 1 unspecified atom stereocenters. The van der Waals surface area contributed by atoms with Gasteiger partial charge in [-0.3, -0.25) is 4.98 Å². The first-order valence-corrected chi connectivity index (χ1v) is 7.66. The first-order chi connectivity index (χ1) is 9.35. The summed E-state index contributed by atoms with van der Waals surface area (Å²) >= 11 is 0. The monoisotopic (exact) mass is 262 g/mol. The Bertz CT molecular complexity index is 377. The van der Waals surface area contributed by atoms with E-state index in [9.17, 15) is 0 Å². The predicted molar refractivity (Wildman–Crippen MR) is 78.4 cm³/mol. The van der Waals surface area contributed by atoms with E-state index in [2.05, 4.69) is 30.2 Å². The smallest absolute Gasteiger partial charge is 0.137 e. The van der Waals surface area contributed by atoms with Gasteiger partial charge < -0.3 is 10.1 Å². The van der Waals surface area contributed by atoms with E-state index in [1.807, 2.05) is 12.4 Å². The Balaban J connectivity index is 2.06. The highest BCUT2D eigenvalue weighted by Crippen LogP contribution is 2.38. The van der Waals surface area contributed by atoms with Gasteiger partial charge in [0.05, 0.1) is 12.8 Å². The van der Waals surface area contributed by atoms with Crippen molar-refractivity contribution in [1.29, 1.82) is 0 Å². The highest BCUT2D eigenvalue weighted by molar-refractivity contribution is 5.27. The van der Waals surface area contributed by atoms with E-state index in [4.69, 9.17) is 4.74 Å². The van der Waals surface area contributed by atoms with Crippen LogP contribution in [0.15, 0.2) is 18.5 Å². The zero-order valence-corrected chi connectivity index (χ0v) is 12.2. The molecule has 1 fully saturated rings. The fraction of sp³-hybridized carbons (Fsp3) is 0.688. The van der Waals surface area contributed by atoms with E-state index >= 15 is 0 Å². The zero-order chi connectivity index (χ0) is 13.5. The number of nitrogens with one attached hydrogen (secondary N) is 1. The summed E-state index contributed by atoms with van der Waals surface area (Å²) in [6, 6.07) is 2.61. The fourth-order valence-electron chi connectivity index (χ4n) is 2.53. The lowest BCUT2D eigenvalue weighted by Crippen LogP contribution is -2.32. The summed E-state index contributed by atoms with van der Waals surface area (Å²) in [4.78, 5) is 4.34. The third-order valence-corrected chi connectivity index (χ3v) is 3.80. The molecular formula is C16H26N2O. The van der Waals surface area contributed by atoms with Crippen LogP contribution < -0.4 is 10.1 Å². The van der Waals surface area contributed by atoms with Crippen molar-refractivity contribution < 1.29 is 4.74 Å². The molecule has 1 saturated carbocycles. The van der Waals surface area contributed by atoms with Crippen LogP contribution in [-0.2, 0) is 0 Å². The molecule has 1 atom stereocenters. The first kappa shape index (κ1) is 14.3. The molecule has 1 heterocycles. The normalized spacial score (nSPS) is 16.9. The molecule has 0 bridgehead atoms. The number of rotatable bonds is 8. The maximum Gasteiger partial charge on any atom is 0.137 e. The van der Waals surface area contributed by atoms with E-state index in [0.717, 1.165) is 31.2 Å². The molecule has 1 aliphatic rings. The van der Waals surface area contributed by atoms with Crippen LogP contribution in [0.3, 0.4) is 0 Å². The third kappa shape index (κ3) is 3.93. The van der Waals surface area contributed by atoms with Crippen molar-refractivity contribution in [2.45, 2.75) is 52.0 Å². The van der Waals surface area contributed by atoms with Gasteiger partial charge in [0.2, 0.25) is 0 Å². The molecule has 3 heteroatoms. The molecule has 0 aliphatic heterocycles. The second-order valence-electron chi connectivity index (χ2n) is 5.43. The quantitative estimate of drug-likeness (QED) is 0.775. The molecule has 0 radical (unpaired) electrons. The van der Waals surface area contributed by atoms with Crippen LogP contribution in [-0.4, -0.2) is 18.1 Å². The minimum atomic E-state index is 0.450. The Morgan fingerprint density at radius 1 is 1.32 bits per heavy atom. The van der Waals surface area contributed by atoms with Crippen molar-refractivity contribution in [1.82, 2.24) is 10.3 Å². The molecule has 0 aromatic carbocycles. The molecule has 19 heavy (non-hydrogen) atoms. The largest absolute Gasteiger partial charge is 0.492 e. The van der Waals surface area contributed by atoms with Crippen LogP contribution in [0.2, 0.25) is 0 Å². The molecule has 1 aromatic rings. The summed E-state index contributed by atoms with van der Waals surface area (Å²) < 4.78 is 5.69. The van der Waals surface area contributed by atoms with Gasteiger partial charge in [-0.1, -0.05) is 20.3 Å². The number of ether oxygens (including phenoxy) is 1. The van der Waals surface area contributed by atoms with Crippen LogP contribution >= 0.6 is 0 Å². The molecule has 0 spiro atoms. The second kappa shape index (κ2) is 7.49. The van der Waals surface area contributed by atoms with Gasteiger partial charge in [-0.05, 0) is 49.8 Å². The highest BCUT2D eigenvalue weighted by atomic mass is 16.5. The Hall–Kier alpha value is -1.09. The maximum absolute atomic E-state index is 5.69. The Morgan fingerprint density at radius 3 is 2.79 bits per heavy atom. The summed E-state index contributed by atoms with van der Waals surface area (Å²) in [6.45, 7) is 6.17. The molecular weight excluding hydrogens is 236 g/mol. The average Bonchev–Trinajstić information content (AvgIpc) is 2.39. The molecule has 106 valence electrons. The Kier molecular flexibility index (Phi) is 5.64. The van der Waals surface area contributed by atoms with Crippen molar-refractivity contribution >= 4 is 0 Å². The van der Waals surface area contributed by atoms with Gasteiger partial charge in [0.1, 0.15) is 5.75 Å². The summed E-state index contributed by atoms with van der Waals surface area (Å²) in [5.41, 5.74) is 1.28. The molecule has 2 rings (SSSR count). The minimum absolute atomic E-state index is 0.450. The van der Waals surface area contributed by atoms with Crippen LogP contribution in [0.1, 0.15) is 57.6 Å². The lowest BCUT2D eigenvalue weighted by atomic mass is 9.77. The molecule has 0 amide bonds. The van der Waals surface area contributed by atoms with E-state index in [1.54, 1.807) is 0 Å². The summed E-state index contributed by atoms with van der Waals surface area (Å²) in [6.07, 6.45) is 10.0. The van der Waals surface area contributed by atoms with Crippen molar-refractivity contribution in [3.63, 3.8) is 0 Å². The van der Waals surface area contributed by atoms with Gasteiger partial charge in [0.15, 0.2) is 0 Å². The number of aromatic nitrogens is 1. The molecule has 1 N–H and O–H groups in total. The van der Waals surface area contributed by atoms with Gasteiger partial charge in [-0.2, -0.15) is 0 Å². The average molecular weight is 262 g/mol. The summed E-state index contributed by atoms with van der Waals surface area (Å²) in [7, 11) is 0. The zero-order valence-electron chi connectivity index (χ0n) is 12.2. The topological polar surface area (TPSA) is 34.2 Å². The van der Waals surface area contributed by atoms with E-state index < -0.39 is 0 Å². The van der Waals surface area contributed by atoms with E-state index in [-0.39, 0.29) is 0 Å². The van der Waals surface area contributed by atoms with Crippen molar-refractivity contribution in [3.8, 4) is 5.75 Å². The van der Waals surface area contributed by atoms with Crippen LogP contribution in [0.25, 0.3) is 0 Å². The van der Waals surface area contributed by atoms with E-state index in [1.165, 1.54) is 31.2 Å². The van der Waals surface area contributed by atoms with Gasteiger partial charge in [0, 0.05) is 12.2 Å². The standard InChI is InChI=1S/C16H26N2O/c1-3-8-18-16(13-6-5-7-13)14-10-15(12-17-11-14)19-9-4-2/h10-13,16,18H,3-9H2,1-2H3. The maximum atomic E-state index is 5.69. The highest BCUT2D eigenvalue weighted by Gasteiger charge is 2.28. The lowest BCUT2D eigenvalue weighted by Gasteiger charge is -2.34. The minimum Gasteiger partial charge on any atom is -0.492 e. The van der Waals surface area contributed by atoms with Crippen molar-refractivity contribution in [2.24, 2.45) is 5.92 Å². The van der Waals surface area contributed by atoms with Crippen molar-refractivity contribution in [3.05, 3.63) is 24.0 Å². The number of hydrogen-bond donors (Lipinski definition) is 1. The number of hydrogen-bond acceptors (Lipinski definition) is 3. The fourth-order valence-corrected chi connectivity index (χ4v) is 2.53. The van der Waals surface area contributed by atoms with Gasteiger partial charge in [0.25, 0.3) is 0 Å². The molecule has 0 saturated heterocycles. The number of pyridine rings is 1. The Morgan fingerprint density at radius 2 is 2.16 bits per heavy atom. The first-order valence-electron chi connectivity index (χ1n) is 7.66. The van der Waals surface area contributed by atoms with Crippen LogP contribution in [0, 0.1) is 5.92 Å². The van der Waals surface area contributed by atoms with Gasteiger partial charge in [-0.15, -0.1) is 0 Å². The van der Waals surface area contributed by atoms with Crippen LogP contribution in [0.4, 0.5) is 0 Å². The van der Waals surface area contributed by atoms with Crippen molar-refractivity contribution in [2.75, 3.05) is 13.2 Å². The van der Waals surface area contributed by atoms with Gasteiger partial charge in [-0.25, -0.2) is 0 Å². The SMILES string of the molecule is CCCNC(c1cncc(OCCC)c1)C1CCC1. The molecule has 1 aromatic heterocycles. The predicted octanol–water partition coefficient (Wildman–Crippen LogP) is 3.71. The summed E-state index contributed by atoms with van der Waals surface area (Å²) in [5.74, 6) is 1.68. The Labute approximate surface area is 116 Å².